The summed E-state index contributed by atoms with van der Waals surface area (Å²) in [5, 5.41) is 0. The number of carbonyl (C=O) groups excluding carboxylic acids is 1. The molecule has 0 aromatic rings. The fourth-order valence-electron chi connectivity index (χ4n) is 2.04. The first kappa shape index (κ1) is 10.7. The number of piperidine rings is 1. The summed E-state index contributed by atoms with van der Waals surface area (Å²) in [4.78, 5) is 13.2. The number of likely N-dealkylation sites (tertiary alicyclic amines) is 1. The van der Waals surface area contributed by atoms with Gasteiger partial charge >= 0.3 is 0 Å². The third kappa shape index (κ3) is 4.41. The first-order chi connectivity index (χ1) is 6.18. The lowest BCUT2D eigenvalue weighted by molar-refractivity contribution is -0.117. The highest BCUT2D eigenvalue weighted by Gasteiger charge is 2.15. The summed E-state index contributed by atoms with van der Waals surface area (Å²) in [6, 6.07) is 0. The zero-order valence-electron chi connectivity index (χ0n) is 8.88. The van der Waals surface area contributed by atoms with Crippen LogP contribution in [0.1, 0.15) is 39.5 Å². The van der Waals surface area contributed by atoms with Gasteiger partial charge in [-0.05, 0) is 45.2 Å². The van der Waals surface area contributed by atoms with Crippen molar-refractivity contribution in [3.8, 4) is 0 Å². The molecule has 2 heteroatoms. The number of ketones is 1. The van der Waals surface area contributed by atoms with Crippen molar-refractivity contribution in [1.82, 2.24) is 4.90 Å². The molecule has 0 spiro atoms. The van der Waals surface area contributed by atoms with Crippen LogP contribution in [0.25, 0.3) is 0 Å². The topological polar surface area (TPSA) is 20.3 Å². The van der Waals surface area contributed by atoms with Gasteiger partial charge in [0.05, 0.1) is 0 Å². The average Bonchev–Trinajstić information content (AvgIpc) is 2.03. The minimum absolute atomic E-state index is 0.324. The van der Waals surface area contributed by atoms with Gasteiger partial charge in [-0.15, -0.1) is 0 Å². The summed E-state index contributed by atoms with van der Waals surface area (Å²) in [6.07, 6.45) is 4.51. The number of rotatable bonds is 4. The Labute approximate surface area is 81.3 Å². The molecule has 0 saturated carbocycles. The molecule has 1 aliphatic rings. The molecule has 0 bridgehead atoms. The van der Waals surface area contributed by atoms with Crippen LogP contribution >= 0.6 is 0 Å². The summed E-state index contributed by atoms with van der Waals surface area (Å²) in [5.74, 6) is 1.18. The monoisotopic (exact) mass is 183 g/mol. The van der Waals surface area contributed by atoms with Crippen LogP contribution in [0.2, 0.25) is 0 Å². The third-order valence-electron chi connectivity index (χ3n) is 2.74. The maximum atomic E-state index is 10.7. The van der Waals surface area contributed by atoms with Gasteiger partial charge in [0.25, 0.3) is 0 Å². The van der Waals surface area contributed by atoms with Gasteiger partial charge in [0, 0.05) is 13.0 Å². The molecule has 0 aromatic carbocycles. The Morgan fingerprint density at radius 1 is 1.54 bits per heavy atom. The van der Waals surface area contributed by atoms with Crippen LogP contribution in [0.15, 0.2) is 0 Å². The molecule has 2 nitrogen and oxygen atoms in total. The van der Waals surface area contributed by atoms with Gasteiger partial charge in [-0.3, -0.25) is 0 Å². The van der Waals surface area contributed by atoms with Crippen LogP contribution in [0.4, 0.5) is 0 Å². The van der Waals surface area contributed by atoms with Crippen LogP contribution in [0.3, 0.4) is 0 Å². The maximum Gasteiger partial charge on any atom is 0.129 e. The molecule has 1 heterocycles. The van der Waals surface area contributed by atoms with Gasteiger partial charge in [-0.25, -0.2) is 0 Å². The van der Waals surface area contributed by atoms with E-state index in [0.717, 1.165) is 25.3 Å². The Morgan fingerprint density at radius 3 is 2.92 bits per heavy atom. The third-order valence-corrected chi connectivity index (χ3v) is 2.74. The predicted molar refractivity (Wildman–Crippen MR) is 54.8 cm³/mol. The van der Waals surface area contributed by atoms with E-state index in [1.807, 2.05) is 0 Å². The van der Waals surface area contributed by atoms with Gasteiger partial charge in [0.1, 0.15) is 5.78 Å². The molecule has 0 unspecified atom stereocenters. The van der Waals surface area contributed by atoms with E-state index < -0.39 is 0 Å². The van der Waals surface area contributed by atoms with Crippen molar-refractivity contribution in [2.45, 2.75) is 39.5 Å². The van der Waals surface area contributed by atoms with E-state index in [-0.39, 0.29) is 0 Å². The molecule has 1 fully saturated rings. The van der Waals surface area contributed by atoms with E-state index in [9.17, 15) is 4.79 Å². The second kappa shape index (κ2) is 5.38. The van der Waals surface area contributed by atoms with Crippen LogP contribution < -0.4 is 0 Å². The second-order valence-corrected chi connectivity index (χ2v) is 4.35. The molecule has 0 aliphatic carbocycles. The molecule has 0 aromatic heterocycles. The van der Waals surface area contributed by atoms with E-state index in [0.29, 0.717) is 5.78 Å². The molecule has 13 heavy (non-hydrogen) atoms. The number of nitrogens with zero attached hydrogens (tertiary/aromatic N) is 1. The van der Waals surface area contributed by atoms with E-state index in [1.165, 1.54) is 25.9 Å². The maximum absolute atomic E-state index is 10.7. The van der Waals surface area contributed by atoms with Gasteiger partial charge in [0.2, 0.25) is 0 Å². The Kier molecular flexibility index (Phi) is 4.43. The number of Topliss-reactive ketones (excluding diaryl/α,β-unsaturated/α-hetero) is 1. The van der Waals surface area contributed by atoms with Crippen molar-refractivity contribution in [3.63, 3.8) is 0 Å². The minimum Gasteiger partial charge on any atom is -0.303 e. The van der Waals surface area contributed by atoms with E-state index in [1.54, 1.807) is 6.92 Å². The van der Waals surface area contributed by atoms with Crippen molar-refractivity contribution in [2.24, 2.45) is 5.92 Å². The lowest BCUT2D eigenvalue weighted by Gasteiger charge is -2.30. The molecule has 1 saturated heterocycles. The average molecular weight is 183 g/mol. The number of carbonyl (C=O) groups is 1. The van der Waals surface area contributed by atoms with Crippen molar-refractivity contribution in [1.29, 1.82) is 0 Å². The highest BCUT2D eigenvalue weighted by Crippen LogP contribution is 2.15. The van der Waals surface area contributed by atoms with Crippen LogP contribution in [0.5, 0.6) is 0 Å². The summed E-state index contributed by atoms with van der Waals surface area (Å²) >= 11 is 0. The van der Waals surface area contributed by atoms with Gasteiger partial charge < -0.3 is 9.69 Å². The molecule has 0 radical (unpaired) electrons. The summed E-state index contributed by atoms with van der Waals surface area (Å²) in [5.41, 5.74) is 0. The van der Waals surface area contributed by atoms with Crippen LogP contribution in [-0.2, 0) is 4.79 Å². The fraction of sp³-hybridized carbons (Fsp3) is 0.909. The van der Waals surface area contributed by atoms with Gasteiger partial charge in [-0.1, -0.05) is 6.92 Å². The highest BCUT2D eigenvalue weighted by molar-refractivity contribution is 5.75. The Balaban J connectivity index is 2.10. The Bertz CT molecular complexity index is 167. The largest absolute Gasteiger partial charge is 0.303 e. The van der Waals surface area contributed by atoms with Gasteiger partial charge in [0.15, 0.2) is 0 Å². The second-order valence-electron chi connectivity index (χ2n) is 4.35. The predicted octanol–water partition coefficient (Wildman–Crippen LogP) is 2.09. The SMILES string of the molecule is CC(=O)CCCN1CCC[C@@H](C)C1. The first-order valence-corrected chi connectivity index (χ1v) is 5.40. The van der Waals surface area contributed by atoms with Crippen LogP contribution in [-0.4, -0.2) is 30.3 Å². The van der Waals surface area contributed by atoms with E-state index in [2.05, 4.69) is 11.8 Å². The molecular weight excluding hydrogens is 162 g/mol. The van der Waals surface area contributed by atoms with Crippen LogP contribution in [0, 0.1) is 5.92 Å². The fourth-order valence-corrected chi connectivity index (χ4v) is 2.04. The first-order valence-electron chi connectivity index (χ1n) is 5.40. The zero-order valence-corrected chi connectivity index (χ0v) is 8.88. The minimum atomic E-state index is 0.324. The quantitative estimate of drug-likeness (QED) is 0.665. The lowest BCUT2D eigenvalue weighted by atomic mass is 10.00. The number of hydrogen-bond acceptors (Lipinski definition) is 2. The molecule has 1 aliphatic heterocycles. The molecule has 0 amide bonds. The Morgan fingerprint density at radius 2 is 2.31 bits per heavy atom. The lowest BCUT2D eigenvalue weighted by Crippen LogP contribution is -2.35. The smallest absolute Gasteiger partial charge is 0.129 e. The van der Waals surface area contributed by atoms with Gasteiger partial charge in [-0.2, -0.15) is 0 Å². The highest BCUT2D eigenvalue weighted by atomic mass is 16.1. The molecular formula is C11H21NO. The summed E-state index contributed by atoms with van der Waals surface area (Å²) in [7, 11) is 0. The molecule has 0 N–H and O–H groups in total. The van der Waals surface area contributed by atoms with Crippen molar-refractivity contribution in [3.05, 3.63) is 0 Å². The van der Waals surface area contributed by atoms with E-state index in [4.69, 9.17) is 0 Å². The summed E-state index contributed by atoms with van der Waals surface area (Å²) in [6.45, 7) is 7.58. The number of hydrogen-bond donors (Lipinski definition) is 0. The Hall–Kier alpha value is -0.370. The van der Waals surface area contributed by atoms with E-state index >= 15 is 0 Å². The normalized spacial score (nSPS) is 24.6. The standard InChI is InChI=1S/C11H21NO/c1-10-5-3-7-12(9-10)8-4-6-11(2)13/h10H,3-9H2,1-2H3/t10-/m1/s1. The molecule has 76 valence electrons. The van der Waals surface area contributed by atoms with Crippen molar-refractivity contribution in [2.75, 3.05) is 19.6 Å². The molecule has 1 atom stereocenters. The van der Waals surface area contributed by atoms with Crippen molar-refractivity contribution >= 4 is 5.78 Å². The van der Waals surface area contributed by atoms with Crippen molar-refractivity contribution < 1.29 is 4.79 Å². The summed E-state index contributed by atoms with van der Waals surface area (Å²) < 4.78 is 0. The molecule has 1 rings (SSSR count). The zero-order chi connectivity index (χ0) is 9.68.